The molecule has 1 aromatic rings. The Bertz CT molecular complexity index is 448. The highest BCUT2D eigenvalue weighted by molar-refractivity contribution is 7.98. The Kier molecular flexibility index (Phi) is 7.72. The van der Waals surface area contributed by atoms with Gasteiger partial charge in [0.1, 0.15) is 0 Å². The van der Waals surface area contributed by atoms with Crippen LogP contribution in [0.3, 0.4) is 0 Å². The van der Waals surface area contributed by atoms with Crippen LogP contribution in [0.1, 0.15) is 50.1 Å². The van der Waals surface area contributed by atoms with Gasteiger partial charge in [-0.3, -0.25) is 4.79 Å². The summed E-state index contributed by atoms with van der Waals surface area (Å²) in [5.41, 5.74) is 3.11. The van der Waals surface area contributed by atoms with Crippen molar-refractivity contribution in [1.82, 2.24) is 14.9 Å². The summed E-state index contributed by atoms with van der Waals surface area (Å²) in [6.07, 6.45) is 5.27. The van der Waals surface area contributed by atoms with Crippen molar-refractivity contribution in [2.75, 3.05) is 19.3 Å². The van der Waals surface area contributed by atoms with Gasteiger partial charge in [-0.2, -0.15) is 0 Å². The first-order valence-corrected chi connectivity index (χ1v) is 8.91. The normalized spacial score (nSPS) is 10.7. The molecule has 0 N–H and O–H groups in total. The molecule has 5 heteroatoms. The van der Waals surface area contributed by atoms with E-state index in [-0.39, 0.29) is 5.91 Å². The molecule has 1 heterocycles. The molecule has 0 aliphatic heterocycles. The summed E-state index contributed by atoms with van der Waals surface area (Å²) in [6.45, 7) is 9.94. The highest BCUT2D eigenvalue weighted by Crippen LogP contribution is 2.17. The fourth-order valence-electron chi connectivity index (χ4n) is 2.45. The van der Waals surface area contributed by atoms with E-state index in [0.29, 0.717) is 6.42 Å². The van der Waals surface area contributed by atoms with Crippen molar-refractivity contribution in [3.8, 4) is 0 Å². The van der Waals surface area contributed by atoms with E-state index in [1.54, 1.807) is 11.8 Å². The monoisotopic (exact) mass is 309 g/mol. The third-order valence-electron chi connectivity index (χ3n) is 3.51. The number of hydrogen-bond donors (Lipinski definition) is 0. The van der Waals surface area contributed by atoms with Gasteiger partial charge in [0.2, 0.25) is 5.91 Å². The van der Waals surface area contributed by atoms with Gasteiger partial charge in [-0.05, 0) is 44.9 Å². The summed E-state index contributed by atoms with van der Waals surface area (Å²) in [6, 6.07) is 0. The molecule has 1 aromatic heterocycles. The average Bonchev–Trinajstić information content (AvgIpc) is 2.45. The number of rotatable bonds is 8. The number of hydrogen-bond acceptors (Lipinski definition) is 4. The lowest BCUT2D eigenvalue weighted by Crippen LogP contribution is -2.32. The Balaban J connectivity index is 2.72. The minimum Gasteiger partial charge on any atom is -0.343 e. The zero-order valence-electron chi connectivity index (χ0n) is 13.9. The summed E-state index contributed by atoms with van der Waals surface area (Å²) in [4.78, 5) is 23.2. The van der Waals surface area contributed by atoms with Gasteiger partial charge >= 0.3 is 0 Å². The van der Waals surface area contributed by atoms with Gasteiger partial charge in [-0.15, -0.1) is 0 Å². The number of aromatic nitrogens is 2. The lowest BCUT2D eigenvalue weighted by molar-refractivity contribution is -0.131. The van der Waals surface area contributed by atoms with E-state index in [2.05, 4.69) is 23.8 Å². The fraction of sp³-hybridized carbons (Fsp3) is 0.688. The van der Waals surface area contributed by atoms with Crippen molar-refractivity contribution in [3.05, 3.63) is 17.0 Å². The molecule has 0 saturated carbocycles. The molecule has 0 atom stereocenters. The zero-order valence-corrected chi connectivity index (χ0v) is 14.7. The smallest absolute Gasteiger partial charge is 0.222 e. The van der Waals surface area contributed by atoms with Crippen molar-refractivity contribution in [2.24, 2.45) is 0 Å². The van der Waals surface area contributed by atoms with Crippen LogP contribution in [0.25, 0.3) is 0 Å². The Morgan fingerprint density at radius 2 is 1.62 bits per heavy atom. The summed E-state index contributed by atoms with van der Waals surface area (Å²) < 4.78 is 0. The van der Waals surface area contributed by atoms with Gasteiger partial charge in [-0.1, -0.05) is 25.6 Å². The van der Waals surface area contributed by atoms with Crippen LogP contribution < -0.4 is 0 Å². The van der Waals surface area contributed by atoms with Crippen LogP contribution in [-0.2, 0) is 11.2 Å². The second-order valence-corrected chi connectivity index (χ2v) is 6.01. The molecular formula is C16H27N3OS. The first-order valence-electron chi connectivity index (χ1n) is 7.69. The molecule has 0 bridgehead atoms. The van der Waals surface area contributed by atoms with Crippen molar-refractivity contribution in [3.63, 3.8) is 0 Å². The summed E-state index contributed by atoms with van der Waals surface area (Å²) in [5, 5.41) is 0.804. The number of carbonyl (C=O) groups is 1. The molecular weight excluding hydrogens is 282 g/mol. The first-order chi connectivity index (χ1) is 10.0. The standard InChI is InChI=1S/C16H27N3OS/c1-6-10-19(11-7-2)15(20)9-8-14-12(3)17-16(21-5)18-13(14)4/h6-11H2,1-5H3. The molecule has 0 fully saturated rings. The Morgan fingerprint density at radius 1 is 1.10 bits per heavy atom. The number of amides is 1. The SMILES string of the molecule is CCCN(CCC)C(=O)CCc1c(C)nc(SC)nc1C. The van der Waals surface area contributed by atoms with Gasteiger partial charge in [-0.25, -0.2) is 9.97 Å². The molecule has 21 heavy (non-hydrogen) atoms. The number of aryl methyl sites for hydroxylation is 2. The third-order valence-corrected chi connectivity index (χ3v) is 4.06. The van der Waals surface area contributed by atoms with E-state index in [0.717, 1.165) is 54.5 Å². The quantitative estimate of drug-likeness (QED) is 0.545. The maximum absolute atomic E-state index is 12.3. The Hall–Kier alpha value is -1.10. The summed E-state index contributed by atoms with van der Waals surface area (Å²) in [5.74, 6) is 0.242. The number of thioether (sulfide) groups is 1. The minimum absolute atomic E-state index is 0.242. The lowest BCUT2D eigenvalue weighted by atomic mass is 10.1. The largest absolute Gasteiger partial charge is 0.343 e. The second kappa shape index (κ2) is 9.03. The number of nitrogens with zero attached hydrogens (tertiary/aromatic N) is 3. The third kappa shape index (κ3) is 5.30. The van der Waals surface area contributed by atoms with Gasteiger partial charge in [0.05, 0.1) is 0 Å². The van der Waals surface area contributed by atoms with Crippen LogP contribution in [0.4, 0.5) is 0 Å². The highest BCUT2D eigenvalue weighted by Gasteiger charge is 2.14. The fourth-order valence-corrected chi connectivity index (χ4v) is 2.91. The molecule has 118 valence electrons. The van der Waals surface area contributed by atoms with Crippen LogP contribution in [0.2, 0.25) is 0 Å². The van der Waals surface area contributed by atoms with E-state index in [1.165, 1.54) is 0 Å². The Morgan fingerprint density at radius 3 is 2.05 bits per heavy atom. The van der Waals surface area contributed by atoms with Crippen LogP contribution in [0, 0.1) is 13.8 Å². The van der Waals surface area contributed by atoms with Gasteiger partial charge in [0, 0.05) is 30.9 Å². The van der Waals surface area contributed by atoms with Crippen LogP contribution in [-0.4, -0.2) is 40.1 Å². The van der Waals surface area contributed by atoms with Crippen LogP contribution in [0.15, 0.2) is 5.16 Å². The summed E-state index contributed by atoms with van der Waals surface area (Å²) >= 11 is 1.55. The van der Waals surface area contributed by atoms with E-state index >= 15 is 0 Å². The van der Waals surface area contributed by atoms with E-state index in [1.807, 2.05) is 25.0 Å². The minimum atomic E-state index is 0.242. The zero-order chi connectivity index (χ0) is 15.8. The maximum atomic E-state index is 12.3. The maximum Gasteiger partial charge on any atom is 0.222 e. The molecule has 4 nitrogen and oxygen atoms in total. The molecule has 0 unspecified atom stereocenters. The highest BCUT2D eigenvalue weighted by atomic mass is 32.2. The average molecular weight is 309 g/mol. The molecule has 0 spiro atoms. The predicted octanol–water partition coefficient (Wildman–Crippen LogP) is 3.40. The molecule has 0 aromatic carbocycles. The molecule has 1 amide bonds. The van der Waals surface area contributed by atoms with Gasteiger partial charge < -0.3 is 4.90 Å². The van der Waals surface area contributed by atoms with Crippen molar-refractivity contribution < 1.29 is 4.79 Å². The first kappa shape index (κ1) is 18.0. The van der Waals surface area contributed by atoms with Gasteiger partial charge in [0.25, 0.3) is 0 Å². The molecule has 0 saturated heterocycles. The lowest BCUT2D eigenvalue weighted by Gasteiger charge is -2.21. The molecule has 0 aliphatic carbocycles. The molecule has 0 radical (unpaired) electrons. The topological polar surface area (TPSA) is 46.1 Å². The van der Waals surface area contributed by atoms with Crippen LogP contribution in [0.5, 0.6) is 0 Å². The molecule has 1 rings (SSSR count). The van der Waals surface area contributed by atoms with Crippen LogP contribution >= 0.6 is 11.8 Å². The van der Waals surface area contributed by atoms with Crippen molar-refractivity contribution in [1.29, 1.82) is 0 Å². The number of carbonyl (C=O) groups excluding carboxylic acids is 1. The van der Waals surface area contributed by atoms with E-state index in [4.69, 9.17) is 0 Å². The predicted molar refractivity (Wildman–Crippen MR) is 88.8 cm³/mol. The Labute approximate surface area is 132 Å². The van der Waals surface area contributed by atoms with Crippen molar-refractivity contribution >= 4 is 17.7 Å². The van der Waals surface area contributed by atoms with E-state index < -0.39 is 0 Å². The second-order valence-electron chi connectivity index (χ2n) is 5.24. The molecule has 0 aliphatic rings. The van der Waals surface area contributed by atoms with E-state index in [9.17, 15) is 4.79 Å². The van der Waals surface area contributed by atoms with Gasteiger partial charge in [0.15, 0.2) is 5.16 Å². The summed E-state index contributed by atoms with van der Waals surface area (Å²) in [7, 11) is 0. The van der Waals surface area contributed by atoms with Crippen molar-refractivity contribution in [2.45, 2.75) is 58.5 Å².